The average molecular weight is 286 g/mol. The van der Waals surface area contributed by atoms with Gasteiger partial charge in [-0.2, -0.15) is 9.61 Å². The largest absolute Gasteiger partial charge is 0.333 e. The van der Waals surface area contributed by atoms with E-state index in [1.807, 2.05) is 11.6 Å². The lowest BCUT2D eigenvalue weighted by molar-refractivity contribution is 0.628. The second-order valence-corrected chi connectivity index (χ2v) is 4.88. The van der Waals surface area contributed by atoms with Gasteiger partial charge < -0.3 is 10.3 Å². The molecule has 0 saturated heterocycles. The maximum atomic E-state index is 13.3. The molecule has 5 nitrogen and oxygen atoms in total. The number of nitrogens with two attached hydrogens (primary N) is 1. The molecule has 0 amide bonds. The summed E-state index contributed by atoms with van der Waals surface area (Å²) in [5.41, 5.74) is 8.05. The summed E-state index contributed by atoms with van der Waals surface area (Å²) < 4.78 is 16.5. The Balaban J connectivity index is 2.22. The minimum atomic E-state index is -0.333. The van der Waals surface area contributed by atoms with Crippen LogP contribution in [0.5, 0.6) is 0 Å². The minimum Gasteiger partial charge on any atom is -0.333 e. The van der Waals surface area contributed by atoms with Crippen molar-refractivity contribution in [1.82, 2.24) is 14.2 Å². The van der Waals surface area contributed by atoms with E-state index in [-0.39, 0.29) is 11.4 Å². The van der Waals surface area contributed by atoms with E-state index in [1.54, 1.807) is 18.2 Å². The van der Waals surface area contributed by atoms with E-state index in [0.29, 0.717) is 29.9 Å². The van der Waals surface area contributed by atoms with Crippen LogP contribution >= 0.6 is 0 Å². The third kappa shape index (κ3) is 2.34. The summed E-state index contributed by atoms with van der Waals surface area (Å²) in [6.45, 7) is 0.467. The molecular formula is C15H15FN4O. The predicted molar refractivity (Wildman–Crippen MR) is 78.6 cm³/mol. The molecule has 0 aliphatic rings. The summed E-state index contributed by atoms with van der Waals surface area (Å²) in [6.07, 6.45) is 0.614. The lowest BCUT2D eigenvalue weighted by atomic mass is 10.1. The van der Waals surface area contributed by atoms with Gasteiger partial charge in [-0.15, -0.1) is 0 Å². The van der Waals surface area contributed by atoms with Crippen LogP contribution in [0, 0.1) is 5.82 Å². The van der Waals surface area contributed by atoms with Crippen LogP contribution in [-0.2, 0) is 13.5 Å². The van der Waals surface area contributed by atoms with Crippen LogP contribution in [0.15, 0.2) is 41.2 Å². The highest BCUT2D eigenvalue weighted by molar-refractivity contribution is 5.64. The van der Waals surface area contributed by atoms with Gasteiger partial charge in [0, 0.05) is 36.9 Å². The van der Waals surface area contributed by atoms with Gasteiger partial charge in [-0.05, 0) is 18.7 Å². The maximum absolute atomic E-state index is 13.3. The Hall–Kier alpha value is -2.47. The smallest absolute Gasteiger partial charge is 0.274 e. The summed E-state index contributed by atoms with van der Waals surface area (Å²) in [4.78, 5) is 12.1. The van der Waals surface area contributed by atoms with Crippen molar-refractivity contribution in [2.24, 2.45) is 12.8 Å². The first-order valence-electron chi connectivity index (χ1n) is 6.65. The monoisotopic (exact) mass is 286 g/mol. The van der Waals surface area contributed by atoms with Gasteiger partial charge in [-0.25, -0.2) is 4.39 Å². The molecule has 0 radical (unpaired) electrons. The second kappa shape index (κ2) is 5.14. The molecular weight excluding hydrogens is 271 g/mol. The van der Waals surface area contributed by atoms with Crippen molar-refractivity contribution in [2.45, 2.75) is 6.42 Å². The normalized spacial score (nSPS) is 11.2. The highest BCUT2D eigenvalue weighted by Gasteiger charge is 2.11. The van der Waals surface area contributed by atoms with Gasteiger partial charge in [-0.1, -0.05) is 12.1 Å². The van der Waals surface area contributed by atoms with Crippen molar-refractivity contribution in [3.63, 3.8) is 0 Å². The van der Waals surface area contributed by atoms with Crippen molar-refractivity contribution >= 4 is 5.65 Å². The second-order valence-electron chi connectivity index (χ2n) is 4.88. The first-order chi connectivity index (χ1) is 10.1. The molecule has 2 heterocycles. The van der Waals surface area contributed by atoms with Crippen LogP contribution in [0.2, 0.25) is 0 Å². The number of rotatable bonds is 3. The van der Waals surface area contributed by atoms with Crippen molar-refractivity contribution in [3.8, 4) is 11.3 Å². The van der Waals surface area contributed by atoms with E-state index < -0.39 is 0 Å². The third-order valence-electron chi connectivity index (χ3n) is 3.48. The van der Waals surface area contributed by atoms with Crippen molar-refractivity contribution < 1.29 is 4.39 Å². The molecule has 0 spiro atoms. The van der Waals surface area contributed by atoms with Gasteiger partial charge in [-0.3, -0.25) is 4.79 Å². The standard InChI is InChI=1S/C15H15FN4O/c1-19-12(5-6-17)8-15(21)20-14(19)9-13(18-20)10-3-2-4-11(16)7-10/h2-4,7-9H,5-6,17H2,1H3. The number of benzene rings is 1. The molecule has 2 N–H and O–H groups in total. The number of hydrogen-bond acceptors (Lipinski definition) is 3. The predicted octanol–water partition coefficient (Wildman–Crippen LogP) is 1.34. The topological polar surface area (TPSA) is 65.3 Å². The lowest BCUT2D eigenvalue weighted by Gasteiger charge is -2.08. The molecule has 2 aromatic heterocycles. The van der Waals surface area contributed by atoms with E-state index in [4.69, 9.17) is 5.73 Å². The summed E-state index contributed by atoms with van der Waals surface area (Å²) in [6, 6.07) is 9.45. The molecule has 0 saturated carbocycles. The molecule has 0 aliphatic carbocycles. The molecule has 0 bridgehead atoms. The third-order valence-corrected chi connectivity index (χ3v) is 3.48. The van der Waals surface area contributed by atoms with Gasteiger partial charge in [0.05, 0.1) is 5.69 Å². The van der Waals surface area contributed by atoms with Crippen LogP contribution in [0.25, 0.3) is 16.9 Å². The van der Waals surface area contributed by atoms with Gasteiger partial charge in [0.2, 0.25) is 0 Å². The van der Waals surface area contributed by atoms with E-state index in [9.17, 15) is 9.18 Å². The molecule has 3 aromatic rings. The Morgan fingerprint density at radius 3 is 2.81 bits per heavy atom. The highest BCUT2D eigenvalue weighted by Crippen LogP contribution is 2.20. The van der Waals surface area contributed by atoms with E-state index in [2.05, 4.69) is 5.10 Å². The molecule has 0 atom stereocenters. The first-order valence-corrected chi connectivity index (χ1v) is 6.65. The fourth-order valence-corrected chi connectivity index (χ4v) is 2.40. The number of aromatic nitrogens is 3. The summed E-state index contributed by atoms with van der Waals surface area (Å²) in [5.74, 6) is -0.333. The Labute approximate surface area is 120 Å². The average Bonchev–Trinajstić information content (AvgIpc) is 2.91. The lowest BCUT2D eigenvalue weighted by Crippen LogP contribution is -2.21. The molecule has 0 aliphatic heterocycles. The maximum Gasteiger partial charge on any atom is 0.274 e. The van der Waals surface area contributed by atoms with Crippen LogP contribution in [0.3, 0.4) is 0 Å². The van der Waals surface area contributed by atoms with Crippen molar-refractivity contribution in [1.29, 1.82) is 0 Å². The SMILES string of the molecule is Cn1c(CCN)cc(=O)n2nc(-c3cccc(F)c3)cc12. The molecule has 6 heteroatoms. The molecule has 0 unspecified atom stereocenters. The quantitative estimate of drug-likeness (QED) is 0.790. The summed E-state index contributed by atoms with van der Waals surface area (Å²) >= 11 is 0. The zero-order valence-electron chi connectivity index (χ0n) is 11.6. The van der Waals surface area contributed by atoms with Gasteiger partial charge in [0.15, 0.2) is 0 Å². The number of nitrogens with zero attached hydrogens (tertiary/aromatic N) is 3. The van der Waals surface area contributed by atoms with E-state index in [0.717, 1.165) is 5.69 Å². The van der Waals surface area contributed by atoms with Crippen LogP contribution in [0.1, 0.15) is 5.69 Å². The minimum absolute atomic E-state index is 0.214. The molecule has 108 valence electrons. The van der Waals surface area contributed by atoms with Crippen LogP contribution in [-0.4, -0.2) is 20.7 Å². The van der Waals surface area contributed by atoms with Crippen LogP contribution < -0.4 is 11.3 Å². The zero-order chi connectivity index (χ0) is 15.0. The van der Waals surface area contributed by atoms with Crippen molar-refractivity contribution in [3.05, 3.63) is 58.3 Å². The number of fused-ring (bicyclic) bond motifs is 1. The van der Waals surface area contributed by atoms with E-state index >= 15 is 0 Å². The molecule has 21 heavy (non-hydrogen) atoms. The van der Waals surface area contributed by atoms with Crippen molar-refractivity contribution in [2.75, 3.05) is 6.54 Å². The fourth-order valence-electron chi connectivity index (χ4n) is 2.40. The summed E-state index contributed by atoms with van der Waals surface area (Å²) in [5, 5.41) is 4.27. The molecule has 1 aromatic carbocycles. The Morgan fingerprint density at radius 1 is 1.29 bits per heavy atom. The van der Waals surface area contributed by atoms with Gasteiger partial charge >= 0.3 is 0 Å². The molecule has 3 rings (SSSR count). The Bertz CT molecular complexity index is 866. The summed E-state index contributed by atoms with van der Waals surface area (Å²) in [7, 11) is 1.86. The Morgan fingerprint density at radius 2 is 2.10 bits per heavy atom. The highest BCUT2D eigenvalue weighted by atomic mass is 19.1. The first kappa shape index (κ1) is 13.5. The van der Waals surface area contributed by atoms with Gasteiger partial charge in [0.1, 0.15) is 11.5 Å². The molecule has 0 fully saturated rings. The van der Waals surface area contributed by atoms with Gasteiger partial charge in [0.25, 0.3) is 5.56 Å². The Kier molecular flexibility index (Phi) is 3.31. The number of halogens is 1. The number of hydrogen-bond donors (Lipinski definition) is 1. The number of aryl methyl sites for hydroxylation is 1. The van der Waals surface area contributed by atoms with E-state index in [1.165, 1.54) is 22.7 Å². The van der Waals surface area contributed by atoms with Crippen LogP contribution in [0.4, 0.5) is 4.39 Å². The zero-order valence-corrected chi connectivity index (χ0v) is 11.6. The fraction of sp³-hybridized carbons (Fsp3) is 0.200.